The zero-order chi connectivity index (χ0) is 19.7. The molecule has 0 fully saturated rings. The quantitative estimate of drug-likeness (QED) is 0.822. The number of nitrogens with one attached hydrogen (secondary N) is 1. The highest BCUT2D eigenvalue weighted by Gasteiger charge is 2.35. The molecular formula is C19H20N2O6S. The number of carbonyl (C=O) groups is 1. The molecule has 0 aliphatic carbocycles. The Bertz CT molecular complexity index is 993. The highest BCUT2D eigenvalue weighted by atomic mass is 32.2. The summed E-state index contributed by atoms with van der Waals surface area (Å²) in [4.78, 5) is 12.6. The fourth-order valence-corrected chi connectivity index (χ4v) is 4.06. The van der Waals surface area contributed by atoms with E-state index in [0.29, 0.717) is 29.5 Å². The lowest BCUT2D eigenvalue weighted by atomic mass is 10.2. The van der Waals surface area contributed by atoms with Gasteiger partial charge in [-0.15, -0.1) is 0 Å². The summed E-state index contributed by atoms with van der Waals surface area (Å²) in [6, 6.07) is 14.1. The average molecular weight is 404 g/mol. The van der Waals surface area contributed by atoms with Crippen LogP contribution in [0.25, 0.3) is 0 Å². The summed E-state index contributed by atoms with van der Waals surface area (Å²) in [7, 11) is -3.55. The predicted molar refractivity (Wildman–Crippen MR) is 102 cm³/mol. The van der Waals surface area contributed by atoms with Crippen LogP contribution in [0.5, 0.6) is 17.2 Å². The Labute approximate surface area is 163 Å². The molecular weight excluding hydrogens is 384 g/mol. The molecule has 2 aliphatic heterocycles. The Balaban J connectivity index is 1.42. The van der Waals surface area contributed by atoms with Crippen LogP contribution in [0.1, 0.15) is 0 Å². The Morgan fingerprint density at radius 3 is 2.50 bits per heavy atom. The van der Waals surface area contributed by atoms with E-state index < -0.39 is 22.0 Å². The lowest BCUT2D eigenvalue weighted by Gasteiger charge is -2.34. The van der Waals surface area contributed by atoms with Gasteiger partial charge in [0.25, 0.3) is 5.91 Å². The highest BCUT2D eigenvalue weighted by Crippen LogP contribution is 2.34. The maximum absolute atomic E-state index is 12.6. The summed E-state index contributed by atoms with van der Waals surface area (Å²) in [6.07, 6.45) is -0.198. The maximum Gasteiger partial charge on any atom is 0.263 e. The molecule has 8 nitrogen and oxygen atoms in total. The monoisotopic (exact) mass is 404 g/mol. The first-order valence-electron chi connectivity index (χ1n) is 8.81. The normalized spacial score (nSPS) is 20.7. The van der Waals surface area contributed by atoms with Crippen LogP contribution >= 0.6 is 0 Å². The number of carbonyl (C=O) groups excluding carboxylic acids is 1. The summed E-state index contributed by atoms with van der Waals surface area (Å²) in [5.41, 5.74) is 0.426. The van der Waals surface area contributed by atoms with E-state index >= 15 is 0 Å². The second-order valence-corrected chi connectivity index (χ2v) is 8.52. The number of hydrogen-bond donors (Lipinski definition) is 1. The van der Waals surface area contributed by atoms with Crippen molar-refractivity contribution in [3.63, 3.8) is 0 Å². The number of sulfonamides is 1. The van der Waals surface area contributed by atoms with Gasteiger partial charge in [0, 0.05) is 0 Å². The van der Waals surface area contributed by atoms with Crippen LogP contribution in [0.15, 0.2) is 48.5 Å². The molecule has 2 aromatic rings. The number of nitrogens with zero attached hydrogens (tertiary/aromatic N) is 1. The van der Waals surface area contributed by atoms with E-state index in [1.54, 1.807) is 30.3 Å². The third-order valence-corrected chi connectivity index (χ3v) is 5.65. The van der Waals surface area contributed by atoms with Crippen LogP contribution in [-0.4, -0.2) is 52.5 Å². The molecule has 9 heteroatoms. The molecule has 2 aliphatic rings. The lowest BCUT2D eigenvalue weighted by Crippen LogP contribution is -2.52. The Hall–Kier alpha value is -2.94. The van der Waals surface area contributed by atoms with Crippen LogP contribution in [0.3, 0.4) is 0 Å². The third kappa shape index (κ3) is 3.70. The van der Waals surface area contributed by atoms with E-state index in [9.17, 15) is 13.2 Å². The molecule has 2 heterocycles. The van der Waals surface area contributed by atoms with Gasteiger partial charge < -0.3 is 19.5 Å². The highest BCUT2D eigenvalue weighted by molar-refractivity contribution is 7.92. The fraction of sp³-hybridized carbons (Fsp3) is 0.316. The molecule has 4 rings (SSSR count). The molecule has 0 radical (unpaired) electrons. The van der Waals surface area contributed by atoms with Crippen molar-refractivity contribution in [2.45, 2.75) is 12.2 Å². The smallest absolute Gasteiger partial charge is 0.263 e. The van der Waals surface area contributed by atoms with Crippen molar-refractivity contribution in [2.75, 3.05) is 30.3 Å². The first kappa shape index (κ1) is 18.4. The first-order valence-corrected chi connectivity index (χ1v) is 10.7. The van der Waals surface area contributed by atoms with Crippen molar-refractivity contribution in [3.05, 3.63) is 48.5 Å². The topological polar surface area (TPSA) is 94.2 Å². The molecule has 0 saturated heterocycles. The number of fused-ring (bicyclic) bond motifs is 2. The van der Waals surface area contributed by atoms with Crippen LogP contribution < -0.4 is 23.8 Å². The number of rotatable bonds is 4. The van der Waals surface area contributed by atoms with Crippen molar-refractivity contribution in [1.82, 2.24) is 5.32 Å². The SMILES string of the molecule is CS(=O)(=O)N1C[C@@H](C(=O)NC[C@H]2COc3ccccc3O2)Oc2ccccc21. The van der Waals surface area contributed by atoms with Crippen molar-refractivity contribution in [1.29, 1.82) is 0 Å². The zero-order valence-corrected chi connectivity index (χ0v) is 16.0. The van der Waals surface area contributed by atoms with Gasteiger partial charge in [0.2, 0.25) is 10.0 Å². The minimum absolute atomic E-state index is 0.0907. The lowest BCUT2D eigenvalue weighted by molar-refractivity contribution is -0.128. The zero-order valence-electron chi connectivity index (χ0n) is 15.2. The molecule has 0 spiro atoms. The second kappa shape index (κ2) is 7.23. The summed E-state index contributed by atoms with van der Waals surface area (Å²) in [6.45, 7) is 0.432. The van der Waals surface area contributed by atoms with Crippen molar-refractivity contribution >= 4 is 21.6 Å². The summed E-state index contributed by atoms with van der Waals surface area (Å²) >= 11 is 0. The van der Waals surface area contributed by atoms with E-state index in [0.717, 1.165) is 6.26 Å². The number of benzene rings is 2. The summed E-state index contributed by atoms with van der Waals surface area (Å²) in [5.74, 6) is 1.23. The number of anilines is 1. The van der Waals surface area contributed by atoms with Gasteiger partial charge in [-0.2, -0.15) is 0 Å². The number of para-hydroxylation sites is 4. The van der Waals surface area contributed by atoms with E-state index in [1.165, 1.54) is 4.31 Å². The van der Waals surface area contributed by atoms with Crippen molar-refractivity contribution < 1.29 is 27.4 Å². The van der Waals surface area contributed by atoms with E-state index in [1.807, 2.05) is 18.2 Å². The van der Waals surface area contributed by atoms with Crippen molar-refractivity contribution in [2.24, 2.45) is 0 Å². The third-order valence-electron chi connectivity index (χ3n) is 4.50. The Morgan fingerprint density at radius 1 is 1.07 bits per heavy atom. The molecule has 148 valence electrons. The van der Waals surface area contributed by atoms with E-state index in [4.69, 9.17) is 14.2 Å². The summed E-state index contributed by atoms with van der Waals surface area (Å²) < 4.78 is 42.6. The molecule has 2 atom stereocenters. The largest absolute Gasteiger partial charge is 0.486 e. The molecule has 0 unspecified atom stereocenters. The average Bonchev–Trinajstić information content (AvgIpc) is 2.70. The minimum atomic E-state index is -3.55. The van der Waals surface area contributed by atoms with Gasteiger partial charge in [0.15, 0.2) is 17.6 Å². The van der Waals surface area contributed by atoms with Gasteiger partial charge in [-0.25, -0.2) is 8.42 Å². The van der Waals surface area contributed by atoms with Gasteiger partial charge in [-0.05, 0) is 24.3 Å². The number of hydrogen-bond acceptors (Lipinski definition) is 6. The fourth-order valence-electron chi connectivity index (χ4n) is 3.14. The van der Waals surface area contributed by atoms with Crippen LogP contribution in [-0.2, 0) is 14.8 Å². The first-order chi connectivity index (χ1) is 13.4. The van der Waals surface area contributed by atoms with Gasteiger partial charge >= 0.3 is 0 Å². The molecule has 28 heavy (non-hydrogen) atoms. The Kier molecular flexibility index (Phi) is 4.76. The van der Waals surface area contributed by atoms with E-state index in [-0.39, 0.29) is 19.2 Å². The maximum atomic E-state index is 12.6. The predicted octanol–water partition coefficient (Wildman–Crippen LogP) is 1.17. The molecule has 2 aromatic carbocycles. The molecule has 0 bridgehead atoms. The number of ether oxygens (including phenoxy) is 3. The van der Waals surface area contributed by atoms with Crippen molar-refractivity contribution in [3.8, 4) is 17.2 Å². The van der Waals surface area contributed by atoms with Gasteiger partial charge in [-0.1, -0.05) is 24.3 Å². The standard InChI is InChI=1S/C19H20N2O6S/c1-28(23,24)21-11-18(27-15-7-3-2-6-14(15)21)19(22)20-10-13-12-25-16-8-4-5-9-17(16)26-13/h2-9,13,18H,10-12H2,1H3,(H,20,22)/t13-,18-/m0/s1. The minimum Gasteiger partial charge on any atom is -0.486 e. The molecule has 0 aromatic heterocycles. The van der Waals surface area contributed by atoms with Crippen LogP contribution in [0.2, 0.25) is 0 Å². The second-order valence-electron chi connectivity index (χ2n) is 6.61. The van der Waals surface area contributed by atoms with E-state index in [2.05, 4.69) is 5.32 Å². The Morgan fingerprint density at radius 2 is 1.75 bits per heavy atom. The van der Waals surface area contributed by atoms with Gasteiger partial charge in [-0.3, -0.25) is 9.10 Å². The van der Waals surface area contributed by atoms with Crippen LogP contribution in [0.4, 0.5) is 5.69 Å². The van der Waals surface area contributed by atoms with Gasteiger partial charge in [0.1, 0.15) is 18.5 Å². The number of amides is 1. The van der Waals surface area contributed by atoms with Crippen LogP contribution in [0, 0.1) is 0 Å². The van der Waals surface area contributed by atoms with Gasteiger partial charge in [0.05, 0.1) is 25.0 Å². The molecule has 1 amide bonds. The molecule has 1 N–H and O–H groups in total. The summed E-state index contributed by atoms with van der Waals surface area (Å²) in [5, 5.41) is 2.77. The molecule has 0 saturated carbocycles.